The lowest BCUT2D eigenvalue weighted by atomic mass is 10.2. The van der Waals surface area contributed by atoms with E-state index in [2.05, 4.69) is 12.2 Å². The Bertz CT molecular complexity index is 893. The van der Waals surface area contributed by atoms with Crippen molar-refractivity contribution in [2.45, 2.75) is 51.5 Å². The molecule has 2 rings (SSSR count). The summed E-state index contributed by atoms with van der Waals surface area (Å²) in [7, 11) is -3.65. The van der Waals surface area contributed by atoms with Crippen LogP contribution in [0.4, 0.5) is 5.69 Å². The lowest BCUT2D eigenvalue weighted by Crippen LogP contribution is -2.35. The SMILES string of the molecule is CCC[C@H](C)NC(=O)COc1ccc(N(CC)S(=O)(=O)c2ccc(C)cc2)cc1. The molecule has 1 atom stereocenters. The molecule has 0 saturated carbocycles. The number of benzene rings is 2. The van der Waals surface area contributed by atoms with E-state index < -0.39 is 10.0 Å². The Morgan fingerprint density at radius 2 is 1.69 bits per heavy atom. The van der Waals surface area contributed by atoms with Gasteiger partial charge in [-0.25, -0.2) is 8.42 Å². The number of rotatable bonds is 10. The van der Waals surface area contributed by atoms with Crippen LogP contribution in [0.15, 0.2) is 53.4 Å². The molecule has 0 saturated heterocycles. The van der Waals surface area contributed by atoms with Gasteiger partial charge in [0.05, 0.1) is 10.6 Å². The van der Waals surface area contributed by atoms with E-state index in [1.54, 1.807) is 55.5 Å². The van der Waals surface area contributed by atoms with E-state index in [0.29, 0.717) is 18.0 Å². The number of nitrogens with one attached hydrogen (secondary N) is 1. The van der Waals surface area contributed by atoms with Crippen molar-refractivity contribution in [3.05, 3.63) is 54.1 Å². The second kappa shape index (κ2) is 10.3. The second-order valence-corrected chi connectivity index (χ2v) is 8.88. The zero-order chi connectivity index (χ0) is 21.4. The minimum atomic E-state index is -3.65. The molecule has 2 aromatic rings. The summed E-state index contributed by atoms with van der Waals surface area (Å²) >= 11 is 0. The lowest BCUT2D eigenvalue weighted by Gasteiger charge is -2.23. The maximum atomic E-state index is 13.0. The zero-order valence-corrected chi connectivity index (χ0v) is 18.3. The number of hydrogen-bond acceptors (Lipinski definition) is 4. The molecular weight excluding hydrogens is 388 g/mol. The van der Waals surface area contributed by atoms with E-state index in [9.17, 15) is 13.2 Å². The number of hydrogen-bond donors (Lipinski definition) is 1. The Kier molecular flexibility index (Phi) is 8.08. The molecule has 0 spiro atoms. The van der Waals surface area contributed by atoms with Gasteiger partial charge in [0, 0.05) is 12.6 Å². The van der Waals surface area contributed by atoms with Crippen LogP contribution in [-0.4, -0.2) is 33.5 Å². The molecule has 0 unspecified atom stereocenters. The first kappa shape index (κ1) is 22.7. The quantitative estimate of drug-likeness (QED) is 0.635. The Morgan fingerprint density at radius 3 is 2.24 bits per heavy atom. The predicted octanol–water partition coefficient (Wildman–Crippen LogP) is 3.89. The molecule has 6 nitrogen and oxygen atoms in total. The van der Waals surface area contributed by atoms with E-state index in [1.807, 2.05) is 13.8 Å². The third-order valence-electron chi connectivity index (χ3n) is 4.52. The van der Waals surface area contributed by atoms with Crippen molar-refractivity contribution < 1.29 is 17.9 Å². The van der Waals surface area contributed by atoms with Gasteiger partial charge in [0.25, 0.3) is 15.9 Å². The molecule has 0 bridgehead atoms. The summed E-state index contributed by atoms with van der Waals surface area (Å²) < 4.78 is 32.8. The monoisotopic (exact) mass is 418 g/mol. The molecule has 0 heterocycles. The van der Waals surface area contributed by atoms with Crippen LogP contribution in [-0.2, 0) is 14.8 Å². The Hall–Kier alpha value is -2.54. The molecule has 1 N–H and O–H groups in total. The standard InChI is InChI=1S/C22H30N2O4S/c1-5-7-18(4)23-22(25)16-28-20-12-10-19(11-13-20)24(6-2)29(26,27)21-14-8-17(3)9-15-21/h8-15,18H,5-7,16H2,1-4H3,(H,23,25)/t18-/m0/s1. The van der Waals surface area contributed by atoms with Crippen LogP contribution < -0.4 is 14.4 Å². The van der Waals surface area contributed by atoms with E-state index in [-0.39, 0.29) is 23.5 Å². The molecule has 0 aliphatic rings. The number of amides is 1. The number of nitrogens with zero attached hydrogens (tertiary/aromatic N) is 1. The molecule has 0 fully saturated rings. The third-order valence-corrected chi connectivity index (χ3v) is 6.44. The van der Waals surface area contributed by atoms with Crippen LogP contribution in [0.5, 0.6) is 5.75 Å². The summed E-state index contributed by atoms with van der Waals surface area (Å²) in [6, 6.07) is 13.6. The summed E-state index contributed by atoms with van der Waals surface area (Å²) in [6.07, 6.45) is 1.92. The van der Waals surface area contributed by atoms with Crippen molar-refractivity contribution in [3.63, 3.8) is 0 Å². The minimum absolute atomic E-state index is 0.0768. The Balaban J connectivity index is 2.05. The summed E-state index contributed by atoms with van der Waals surface area (Å²) in [6.45, 7) is 7.96. The average molecular weight is 419 g/mol. The topological polar surface area (TPSA) is 75.7 Å². The zero-order valence-electron chi connectivity index (χ0n) is 17.5. The van der Waals surface area contributed by atoms with E-state index >= 15 is 0 Å². The van der Waals surface area contributed by atoms with Gasteiger partial charge in [-0.15, -0.1) is 0 Å². The molecule has 29 heavy (non-hydrogen) atoms. The molecule has 2 aromatic carbocycles. The van der Waals surface area contributed by atoms with Crippen molar-refractivity contribution >= 4 is 21.6 Å². The van der Waals surface area contributed by atoms with E-state index in [4.69, 9.17) is 4.74 Å². The second-order valence-electron chi connectivity index (χ2n) is 7.02. The van der Waals surface area contributed by atoms with Gasteiger partial charge < -0.3 is 10.1 Å². The van der Waals surface area contributed by atoms with Crippen molar-refractivity contribution in [1.82, 2.24) is 5.32 Å². The number of carbonyl (C=O) groups excluding carboxylic acids is 1. The van der Waals surface area contributed by atoms with Crippen molar-refractivity contribution in [3.8, 4) is 5.75 Å². The number of aryl methyl sites for hydroxylation is 1. The van der Waals surface area contributed by atoms with Gasteiger partial charge in [-0.3, -0.25) is 9.10 Å². The fraction of sp³-hybridized carbons (Fsp3) is 0.409. The van der Waals surface area contributed by atoms with Gasteiger partial charge in [0.1, 0.15) is 5.75 Å². The minimum Gasteiger partial charge on any atom is -0.484 e. The normalized spacial score (nSPS) is 12.3. The highest BCUT2D eigenvalue weighted by molar-refractivity contribution is 7.92. The first-order valence-corrected chi connectivity index (χ1v) is 11.3. The maximum absolute atomic E-state index is 13.0. The Labute approximate surface area is 173 Å². The van der Waals surface area contributed by atoms with Gasteiger partial charge in [-0.05, 0) is 63.6 Å². The van der Waals surface area contributed by atoms with Crippen molar-refractivity contribution in [2.24, 2.45) is 0 Å². The summed E-state index contributed by atoms with van der Waals surface area (Å²) in [4.78, 5) is 12.2. The molecule has 0 aliphatic carbocycles. The number of carbonyl (C=O) groups is 1. The molecule has 0 aliphatic heterocycles. The number of sulfonamides is 1. The van der Waals surface area contributed by atoms with Crippen molar-refractivity contribution in [1.29, 1.82) is 0 Å². The van der Waals surface area contributed by atoms with Crippen LogP contribution in [0.2, 0.25) is 0 Å². The molecule has 7 heteroatoms. The van der Waals surface area contributed by atoms with Gasteiger partial charge in [0.2, 0.25) is 0 Å². The van der Waals surface area contributed by atoms with Gasteiger partial charge in [-0.1, -0.05) is 31.0 Å². The van der Waals surface area contributed by atoms with Gasteiger partial charge in [0.15, 0.2) is 6.61 Å². The molecule has 0 radical (unpaired) electrons. The summed E-state index contributed by atoms with van der Waals surface area (Å²) in [5.41, 5.74) is 1.54. The number of ether oxygens (including phenoxy) is 1. The van der Waals surface area contributed by atoms with Gasteiger partial charge in [-0.2, -0.15) is 0 Å². The van der Waals surface area contributed by atoms with E-state index in [1.165, 1.54) is 4.31 Å². The van der Waals surface area contributed by atoms with Gasteiger partial charge >= 0.3 is 0 Å². The highest BCUT2D eigenvalue weighted by Crippen LogP contribution is 2.25. The maximum Gasteiger partial charge on any atom is 0.264 e. The average Bonchev–Trinajstić information content (AvgIpc) is 2.68. The van der Waals surface area contributed by atoms with Crippen molar-refractivity contribution in [2.75, 3.05) is 17.5 Å². The van der Waals surface area contributed by atoms with E-state index in [0.717, 1.165) is 18.4 Å². The lowest BCUT2D eigenvalue weighted by molar-refractivity contribution is -0.123. The fourth-order valence-electron chi connectivity index (χ4n) is 3.01. The number of anilines is 1. The molecule has 1 amide bonds. The van der Waals surface area contributed by atoms with Crippen LogP contribution >= 0.6 is 0 Å². The molecular formula is C22H30N2O4S. The van der Waals surface area contributed by atoms with Crippen LogP contribution in [0.1, 0.15) is 39.2 Å². The smallest absolute Gasteiger partial charge is 0.264 e. The third kappa shape index (κ3) is 6.22. The van der Waals surface area contributed by atoms with Crippen LogP contribution in [0, 0.1) is 6.92 Å². The highest BCUT2D eigenvalue weighted by atomic mass is 32.2. The molecule has 158 valence electrons. The first-order chi connectivity index (χ1) is 13.8. The highest BCUT2D eigenvalue weighted by Gasteiger charge is 2.23. The Morgan fingerprint density at radius 1 is 1.07 bits per heavy atom. The largest absolute Gasteiger partial charge is 0.484 e. The summed E-state index contributed by atoms with van der Waals surface area (Å²) in [5, 5.41) is 2.88. The fourth-order valence-corrected chi connectivity index (χ4v) is 4.48. The molecule has 0 aromatic heterocycles. The van der Waals surface area contributed by atoms with Crippen LogP contribution in [0.25, 0.3) is 0 Å². The first-order valence-electron chi connectivity index (χ1n) is 9.89. The van der Waals surface area contributed by atoms with Crippen LogP contribution in [0.3, 0.4) is 0 Å². The predicted molar refractivity (Wildman–Crippen MR) is 116 cm³/mol. The summed E-state index contributed by atoms with van der Waals surface area (Å²) in [5.74, 6) is 0.336.